The lowest BCUT2D eigenvalue weighted by Gasteiger charge is -2.24. The van der Waals surface area contributed by atoms with E-state index in [1.54, 1.807) is 18.4 Å². The summed E-state index contributed by atoms with van der Waals surface area (Å²) in [7, 11) is 1.69. The number of fused-ring (bicyclic) bond motifs is 1. The second-order valence-electron chi connectivity index (χ2n) is 6.33. The summed E-state index contributed by atoms with van der Waals surface area (Å²) in [5, 5.41) is 4.51. The summed E-state index contributed by atoms with van der Waals surface area (Å²) in [6, 6.07) is 6.02. The first-order chi connectivity index (χ1) is 10.0. The summed E-state index contributed by atoms with van der Waals surface area (Å²) < 4.78 is 6.43. The van der Waals surface area contributed by atoms with Crippen LogP contribution in [0.3, 0.4) is 0 Å². The first kappa shape index (κ1) is 16.1. The Kier molecular flexibility index (Phi) is 5.45. The van der Waals surface area contributed by atoms with E-state index in [-0.39, 0.29) is 0 Å². The SMILES string of the molecule is CCCCCC(C)(C)CNc1nc2ccc(OC)cc2s1. The van der Waals surface area contributed by atoms with Gasteiger partial charge in [-0.3, -0.25) is 0 Å². The lowest BCUT2D eigenvalue weighted by molar-refractivity contribution is 0.342. The number of ether oxygens (including phenoxy) is 1. The van der Waals surface area contributed by atoms with Crippen LogP contribution in [0.25, 0.3) is 10.2 Å². The lowest BCUT2D eigenvalue weighted by Crippen LogP contribution is -2.22. The highest BCUT2D eigenvalue weighted by molar-refractivity contribution is 7.22. The van der Waals surface area contributed by atoms with Crippen molar-refractivity contribution in [1.82, 2.24) is 4.98 Å². The van der Waals surface area contributed by atoms with Crippen molar-refractivity contribution in [1.29, 1.82) is 0 Å². The quantitative estimate of drug-likeness (QED) is 0.670. The Labute approximate surface area is 131 Å². The van der Waals surface area contributed by atoms with Crippen molar-refractivity contribution in [3.8, 4) is 5.75 Å². The maximum Gasteiger partial charge on any atom is 0.183 e. The molecule has 0 spiro atoms. The van der Waals surface area contributed by atoms with Crippen molar-refractivity contribution in [2.45, 2.75) is 46.5 Å². The molecule has 21 heavy (non-hydrogen) atoms. The van der Waals surface area contributed by atoms with Gasteiger partial charge in [0.25, 0.3) is 0 Å². The number of rotatable bonds is 8. The summed E-state index contributed by atoms with van der Waals surface area (Å²) in [5.41, 5.74) is 1.34. The summed E-state index contributed by atoms with van der Waals surface area (Å²) in [6.07, 6.45) is 5.17. The highest BCUT2D eigenvalue weighted by Gasteiger charge is 2.17. The number of nitrogens with zero attached hydrogens (tertiary/aromatic N) is 1. The zero-order valence-electron chi connectivity index (χ0n) is 13.5. The molecule has 2 rings (SSSR count). The largest absolute Gasteiger partial charge is 0.497 e. The van der Waals surface area contributed by atoms with Crippen LogP contribution in [0.4, 0.5) is 5.13 Å². The Morgan fingerprint density at radius 2 is 2.10 bits per heavy atom. The fraction of sp³-hybridized carbons (Fsp3) is 0.588. The molecule has 4 heteroatoms. The summed E-state index contributed by atoms with van der Waals surface area (Å²) in [6.45, 7) is 7.87. The van der Waals surface area contributed by atoms with Crippen molar-refractivity contribution >= 4 is 26.7 Å². The molecule has 2 aromatic rings. The topological polar surface area (TPSA) is 34.2 Å². The van der Waals surface area contributed by atoms with Crippen molar-refractivity contribution in [3.05, 3.63) is 18.2 Å². The van der Waals surface area contributed by atoms with Crippen LogP contribution in [0.1, 0.15) is 46.5 Å². The molecule has 0 aliphatic rings. The molecule has 0 amide bonds. The van der Waals surface area contributed by atoms with Gasteiger partial charge in [-0.15, -0.1) is 0 Å². The maximum absolute atomic E-state index is 5.26. The first-order valence-electron chi connectivity index (χ1n) is 7.72. The smallest absolute Gasteiger partial charge is 0.183 e. The van der Waals surface area contributed by atoms with E-state index >= 15 is 0 Å². The molecule has 0 aliphatic heterocycles. The standard InChI is InChI=1S/C17H26N2OS/c1-5-6-7-10-17(2,3)12-18-16-19-14-9-8-13(20-4)11-15(14)21-16/h8-9,11H,5-7,10,12H2,1-4H3,(H,18,19). The van der Waals surface area contributed by atoms with E-state index in [9.17, 15) is 0 Å². The molecule has 116 valence electrons. The third-order valence-electron chi connectivity index (χ3n) is 3.77. The molecule has 0 bridgehead atoms. The second kappa shape index (κ2) is 7.12. The van der Waals surface area contributed by atoms with E-state index in [1.807, 2.05) is 18.2 Å². The molecule has 3 nitrogen and oxygen atoms in total. The molecule has 0 unspecified atom stereocenters. The van der Waals surface area contributed by atoms with Crippen molar-refractivity contribution in [3.63, 3.8) is 0 Å². The average Bonchev–Trinajstić information content (AvgIpc) is 2.87. The fourth-order valence-corrected chi connectivity index (χ4v) is 3.25. The van der Waals surface area contributed by atoms with E-state index in [1.165, 1.54) is 30.4 Å². The monoisotopic (exact) mass is 306 g/mol. The number of aromatic nitrogens is 1. The minimum atomic E-state index is 0.310. The molecule has 1 N–H and O–H groups in total. The minimum absolute atomic E-state index is 0.310. The minimum Gasteiger partial charge on any atom is -0.497 e. The molecule has 0 atom stereocenters. The molecule has 0 saturated heterocycles. The first-order valence-corrected chi connectivity index (χ1v) is 8.54. The number of hydrogen-bond acceptors (Lipinski definition) is 4. The normalized spacial score (nSPS) is 11.8. The number of thiazole rings is 1. The Morgan fingerprint density at radius 1 is 1.29 bits per heavy atom. The Bertz CT molecular complexity index is 577. The molecule has 0 aliphatic carbocycles. The Balaban J connectivity index is 1.96. The van der Waals surface area contributed by atoms with Gasteiger partial charge in [0.15, 0.2) is 5.13 Å². The van der Waals surface area contributed by atoms with Crippen LogP contribution in [0, 0.1) is 5.41 Å². The van der Waals surface area contributed by atoms with E-state index in [0.29, 0.717) is 5.41 Å². The van der Waals surface area contributed by atoms with Gasteiger partial charge in [-0.25, -0.2) is 4.98 Å². The Morgan fingerprint density at radius 3 is 2.81 bits per heavy atom. The highest BCUT2D eigenvalue weighted by atomic mass is 32.1. The van der Waals surface area contributed by atoms with Crippen LogP contribution in [0.5, 0.6) is 5.75 Å². The molecule has 1 aromatic heterocycles. The van der Waals surface area contributed by atoms with Crippen molar-refractivity contribution in [2.24, 2.45) is 5.41 Å². The van der Waals surface area contributed by atoms with Crippen molar-refractivity contribution < 1.29 is 4.74 Å². The third kappa shape index (κ3) is 4.60. The van der Waals surface area contributed by atoms with Crippen LogP contribution in [0.15, 0.2) is 18.2 Å². The van der Waals surface area contributed by atoms with E-state index < -0.39 is 0 Å². The number of benzene rings is 1. The van der Waals surface area contributed by atoms with Gasteiger partial charge in [0, 0.05) is 6.54 Å². The zero-order chi connectivity index (χ0) is 15.3. The number of methoxy groups -OCH3 is 1. The molecule has 1 heterocycles. The van der Waals surface area contributed by atoms with Gasteiger partial charge in [-0.1, -0.05) is 51.4 Å². The van der Waals surface area contributed by atoms with Crippen LogP contribution >= 0.6 is 11.3 Å². The molecule has 0 fully saturated rings. The summed E-state index contributed by atoms with van der Waals surface area (Å²) in [5.74, 6) is 0.887. The second-order valence-corrected chi connectivity index (χ2v) is 7.36. The van der Waals surface area contributed by atoms with Crippen molar-refractivity contribution in [2.75, 3.05) is 19.0 Å². The molecule has 0 saturated carbocycles. The van der Waals surface area contributed by atoms with Gasteiger partial charge in [-0.2, -0.15) is 0 Å². The molecular weight excluding hydrogens is 280 g/mol. The van der Waals surface area contributed by atoms with Crippen LogP contribution in [-0.2, 0) is 0 Å². The van der Waals surface area contributed by atoms with Gasteiger partial charge in [0.1, 0.15) is 5.75 Å². The lowest BCUT2D eigenvalue weighted by atomic mass is 9.87. The summed E-state index contributed by atoms with van der Waals surface area (Å²) in [4.78, 5) is 4.64. The third-order valence-corrected chi connectivity index (χ3v) is 4.75. The van der Waals surface area contributed by atoms with Crippen LogP contribution < -0.4 is 10.1 Å². The van der Waals surface area contributed by atoms with E-state index in [2.05, 4.69) is 31.1 Å². The zero-order valence-corrected chi connectivity index (χ0v) is 14.3. The predicted octanol–water partition coefficient (Wildman–Crippen LogP) is 5.32. The van der Waals surface area contributed by atoms with Crippen LogP contribution in [-0.4, -0.2) is 18.6 Å². The number of hydrogen-bond donors (Lipinski definition) is 1. The number of nitrogens with one attached hydrogen (secondary N) is 1. The highest BCUT2D eigenvalue weighted by Crippen LogP contribution is 2.31. The van der Waals surface area contributed by atoms with Gasteiger partial charge in [0.05, 0.1) is 17.3 Å². The van der Waals surface area contributed by atoms with Gasteiger partial charge < -0.3 is 10.1 Å². The molecule has 0 radical (unpaired) electrons. The maximum atomic E-state index is 5.26. The molecular formula is C17H26N2OS. The van der Waals surface area contributed by atoms with Crippen LogP contribution in [0.2, 0.25) is 0 Å². The molecule has 1 aromatic carbocycles. The van der Waals surface area contributed by atoms with Gasteiger partial charge in [-0.05, 0) is 30.0 Å². The fourth-order valence-electron chi connectivity index (χ4n) is 2.36. The number of unbranched alkanes of at least 4 members (excludes halogenated alkanes) is 2. The predicted molar refractivity (Wildman–Crippen MR) is 92.6 cm³/mol. The number of anilines is 1. The Hall–Kier alpha value is -1.29. The van der Waals surface area contributed by atoms with Gasteiger partial charge in [0.2, 0.25) is 0 Å². The van der Waals surface area contributed by atoms with E-state index in [4.69, 9.17) is 4.74 Å². The van der Waals surface area contributed by atoms with E-state index in [0.717, 1.165) is 22.9 Å². The summed E-state index contributed by atoms with van der Waals surface area (Å²) >= 11 is 1.69. The van der Waals surface area contributed by atoms with Gasteiger partial charge >= 0.3 is 0 Å². The average molecular weight is 306 g/mol.